The summed E-state index contributed by atoms with van der Waals surface area (Å²) in [4.78, 5) is 3.91. The highest BCUT2D eigenvalue weighted by Gasteiger charge is 2.42. The van der Waals surface area contributed by atoms with Gasteiger partial charge in [-0.15, -0.1) is 0 Å². The fourth-order valence-corrected chi connectivity index (χ4v) is 2.55. The zero-order valence-corrected chi connectivity index (χ0v) is 10.7. The van der Waals surface area contributed by atoms with Crippen molar-refractivity contribution in [1.29, 1.82) is 5.26 Å². The van der Waals surface area contributed by atoms with E-state index < -0.39 is 11.7 Å². The van der Waals surface area contributed by atoms with E-state index in [0.29, 0.717) is 35.3 Å². The monoisotopic (exact) mass is 269 g/mol. The van der Waals surface area contributed by atoms with Crippen LogP contribution in [0.2, 0.25) is 0 Å². The summed E-state index contributed by atoms with van der Waals surface area (Å²) in [5, 5.41) is 22.6. The molecule has 0 amide bonds. The molecular formula is C12H12BN5O2. The number of aliphatic hydroxyl groups is 1. The van der Waals surface area contributed by atoms with E-state index in [1.807, 2.05) is 6.07 Å². The van der Waals surface area contributed by atoms with Crippen molar-refractivity contribution < 1.29 is 9.84 Å². The van der Waals surface area contributed by atoms with Gasteiger partial charge in [-0.25, -0.2) is 9.50 Å². The minimum absolute atomic E-state index is 0.324. The van der Waals surface area contributed by atoms with E-state index in [9.17, 15) is 5.11 Å². The number of aliphatic hydroxyl groups excluding tert-OH is 1. The number of fused-ring (bicyclic) bond motifs is 1. The maximum atomic E-state index is 9.33. The Kier molecular flexibility index (Phi) is 2.89. The maximum Gasteiger partial charge on any atom is 0.177 e. The van der Waals surface area contributed by atoms with Crippen LogP contribution in [-0.4, -0.2) is 39.8 Å². The maximum absolute atomic E-state index is 9.33. The Labute approximate surface area is 116 Å². The zero-order valence-electron chi connectivity index (χ0n) is 10.7. The van der Waals surface area contributed by atoms with Crippen LogP contribution in [0.5, 0.6) is 0 Å². The first-order valence-electron chi connectivity index (χ1n) is 6.18. The topological polar surface area (TPSA) is 109 Å². The summed E-state index contributed by atoms with van der Waals surface area (Å²) in [6.45, 7) is -0.347. The van der Waals surface area contributed by atoms with Gasteiger partial charge in [-0.2, -0.15) is 10.4 Å². The molecule has 20 heavy (non-hydrogen) atoms. The third-order valence-electron chi connectivity index (χ3n) is 3.61. The first-order valence-corrected chi connectivity index (χ1v) is 6.18. The van der Waals surface area contributed by atoms with Gasteiger partial charge in [-0.05, 0) is 18.9 Å². The van der Waals surface area contributed by atoms with E-state index in [2.05, 4.69) is 10.1 Å². The Bertz CT molecular complexity index is 710. The Balaban J connectivity index is 2.07. The van der Waals surface area contributed by atoms with E-state index in [-0.39, 0.29) is 6.61 Å². The third-order valence-corrected chi connectivity index (χ3v) is 3.61. The Morgan fingerprint density at radius 2 is 2.50 bits per heavy atom. The molecule has 1 aliphatic heterocycles. The van der Waals surface area contributed by atoms with Crippen molar-refractivity contribution in [1.82, 2.24) is 14.6 Å². The largest absolute Gasteiger partial charge is 0.392 e. The first-order chi connectivity index (χ1) is 9.60. The molecule has 0 spiro atoms. The van der Waals surface area contributed by atoms with Crippen molar-refractivity contribution >= 4 is 24.6 Å². The molecule has 3 rings (SSSR count). The average molecular weight is 269 g/mol. The number of ether oxygens (including phenoxy) is 1. The normalized spacial score (nSPS) is 25.9. The van der Waals surface area contributed by atoms with Gasteiger partial charge in [0.05, 0.1) is 12.3 Å². The highest BCUT2D eigenvalue weighted by atomic mass is 16.5. The van der Waals surface area contributed by atoms with Gasteiger partial charge >= 0.3 is 0 Å². The number of aromatic nitrogens is 3. The number of hydrogen-bond acceptors (Lipinski definition) is 6. The van der Waals surface area contributed by atoms with Crippen molar-refractivity contribution in [3.63, 3.8) is 0 Å². The number of rotatable bonds is 2. The van der Waals surface area contributed by atoms with E-state index in [4.69, 9.17) is 23.6 Å². The molecule has 3 N–H and O–H groups in total. The van der Waals surface area contributed by atoms with Gasteiger partial charge in [0, 0.05) is 0 Å². The summed E-state index contributed by atoms with van der Waals surface area (Å²) in [7, 11) is 6.00. The summed E-state index contributed by atoms with van der Waals surface area (Å²) in [6.07, 6.45) is 1.95. The molecule has 3 heterocycles. The van der Waals surface area contributed by atoms with Crippen molar-refractivity contribution in [3.8, 4) is 6.07 Å². The second kappa shape index (κ2) is 4.47. The molecule has 1 fully saturated rings. The lowest BCUT2D eigenvalue weighted by Crippen LogP contribution is -2.31. The van der Waals surface area contributed by atoms with Gasteiger partial charge in [0.15, 0.2) is 11.4 Å². The van der Waals surface area contributed by atoms with Crippen LogP contribution in [-0.2, 0) is 4.74 Å². The molecule has 1 aliphatic rings. The smallest absolute Gasteiger partial charge is 0.177 e. The van der Waals surface area contributed by atoms with Crippen molar-refractivity contribution in [2.75, 3.05) is 12.3 Å². The van der Waals surface area contributed by atoms with Gasteiger partial charge < -0.3 is 15.6 Å². The second-order valence-electron chi connectivity index (χ2n) is 4.84. The summed E-state index contributed by atoms with van der Waals surface area (Å²) in [6, 6.07) is 3.70. The number of hydrogen-bond donors (Lipinski definition) is 2. The molecule has 2 atom stereocenters. The SMILES string of the molecule is [B]c1cc2c(N)ncnn2c1C1CCC(C#N)(CO)O1. The molecule has 8 heteroatoms. The van der Waals surface area contributed by atoms with Crippen LogP contribution in [0.1, 0.15) is 24.6 Å². The number of nitrogens with zero attached hydrogens (tertiary/aromatic N) is 4. The molecular weight excluding hydrogens is 257 g/mol. The molecule has 0 bridgehead atoms. The van der Waals surface area contributed by atoms with Gasteiger partial charge in [0.2, 0.25) is 0 Å². The summed E-state index contributed by atoms with van der Waals surface area (Å²) < 4.78 is 7.28. The Hall–Kier alpha value is -2.11. The van der Waals surface area contributed by atoms with Gasteiger partial charge in [0.1, 0.15) is 31.9 Å². The molecule has 0 saturated carbocycles. The van der Waals surface area contributed by atoms with Crippen LogP contribution in [0.25, 0.3) is 5.52 Å². The van der Waals surface area contributed by atoms with Crippen LogP contribution in [0.4, 0.5) is 5.82 Å². The molecule has 2 radical (unpaired) electrons. The third kappa shape index (κ3) is 1.75. The highest BCUT2D eigenvalue weighted by Crippen LogP contribution is 2.38. The van der Waals surface area contributed by atoms with Gasteiger partial charge in [-0.3, -0.25) is 0 Å². The molecule has 1 saturated heterocycles. The molecule has 0 aromatic carbocycles. The minimum atomic E-state index is -1.17. The average Bonchev–Trinajstić information content (AvgIpc) is 3.01. The Morgan fingerprint density at radius 3 is 3.15 bits per heavy atom. The number of anilines is 1. The van der Waals surface area contributed by atoms with Crippen molar-refractivity contribution in [2.24, 2.45) is 0 Å². The van der Waals surface area contributed by atoms with Gasteiger partial charge in [-0.1, -0.05) is 5.46 Å². The fraction of sp³-hybridized carbons (Fsp3) is 0.417. The summed E-state index contributed by atoms with van der Waals surface area (Å²) >= 11 is 0. The lowest BCUT2D eigenvalue weighted by molar-refractivity contribution is -0.0383. The number of nitrogens with two attached hydrogens (primary N) is 1. The molecule has 2 aromatic heterocycles. The van der Waals surface area contributed by atoms with Crippen LogP contribution >= 0.6 is 0 Å². The number of nitriles is 1. The highest BCUT2D eigenvalue weighted by molar-refractivity contribution is 6.34. The van der Waals surface area contributed by atoms with Crippen LogP contribution in [0.15, 0.2) is 12.4 Å². The van der Waals surface area contributed by atoms with E-state index in [1.54, 1.807) is 10.6 Å². The van der Waals surface area contributed by atoms with Crippen molar-refractivity contribution in [2.45, 2.75) is 24.5 Å². The van der Waals surface area contributed by atoms with E-state index in [0.717, 1.165) is 0 Å². The summed E-state index contributed by atoms with van der Waals surface area (Å²) in [5.74, 6) is 0.324. The molecule has 7 nitrogen and oxygen atoms in total. The molecule has 2 aromatic rings. The quantitative estimate of drug-likeness (QED) is 0.691. The summed E-state index contributed by atoms with van der Waals surface area (Å²) in [5.41, 5.74) is 6.33. The molecule has 0 aliphatic carbocycles. The van der Waals surface area contributed by atoms with E-state index >= 15 is 0 Å². The minimum Gasteiger partial charge on any atom is -0.392 e. The second-order valence-corrected chi connectivity index (χ2v) is 4.84. The lowest BCUT2D eigenvalue weighted by Gasteiger charge is -2.19. The van der Waals surface area contributed by atoms with Gasteiger partial charge in [0.25, 0.3) is 0 Å². The fourth-order valence-electron chi connectivity index (χ4n) is 2.55. The molecule has 100 valence electrons. The first kappa shape index (κ1) is 12.9. The standard InChI is InChI=1S/C12H12BN5O2/c13-7-3-8-11(15)16-6-17-18(8)10(7)9-1-2-12(4-14,5-19)20-9/h3,6,9,19H,1-2,5H2,(H2,15,16,17). The molecule has 2 unspecified atom stereocenters. The lowest BCUT2D eigenvalue weighted by atomic mass is 9.93. The predicted molar refractivity (Wildman–Crippen MR) is 71.3 cm³/mol. The van der Waals surface area contributed by atoms with E-state index in [1.165, 1.54) is 6.33 Å². The Morgan fingerprint density at radius 1 is 1.70 bits per heavy atom. The zero-order chi connectivity index (χ0) is 14.3. The number of nitrogen functional groups attached to an aromatic ring is 1. The van der Waals surface area contributed by atoms with Crippen LogP contribution in [0.3, 0.4) is 0 Å². The van der Waals surface area contributed by atoms with Crippen LogP contribution in [0, 0.1) is 11.3 Å². The predicted octanol–water partition coefficient (Wildman–Crippen LogP) is -0.789. The van der Waals surface area contributed by atoms with Crippen LogP contribution < -0.4 is 11.2 Å². The van der Waals surface area contributed by atoms with Crippen molar-refractivity contribution in [3.05, 3.63) is 18.1 Å².